The van der Waals surface area contributed by atoms with Gasteiger partial charge in [-0.2, -0.15) is 0 Å². The minimum atomic E-state index is 0.589. The Bertz CT molecular complexity index is 3430. The molecule has 0 amide bonds. The summed E-state index contributed by atoms with van der Waals surface area (Å²) in [6.45, 7) is 0. The van der Waals surface area contributed by atoms with E-state index in [0.29, 0.717) is 5.95 Å². The van der Waals surface area contributed by atoms with Gasteiger partial charge >= 0.3 is 0 Å². The molecule has 0 aliphatic carbocycles. The fourth-order valence-corrected chi connectivity index (χ4v) is 8.58. The van der Waals surface area contributed by atoms with Gasteiger partial charge in [-0.25, -0.2) is 15.0 Å². The average Bonchev–Trinajstić information content (AvgIpc) is 3.86. The number of para-hydroxylation sites is 4. The van der Waals surface area contributed by atoms with Crippen molar-refractivity contribution < 1.29 is 0 Å². The summed E-state index contributed by atoms with van der Waals surface area (Å²) < 4.78 is 4.56. The van der Waals surface area contributed by atoms with E-state index in [0.717, 1.165) is 105 Å². The zero-order chi connectivity index (χ0) is 38.2. The predicted molar refractivity (Wildman–Crippen MR) is 235 cm³/mol. The molecule has 7 heteroatoms. The SMILES string of the molecule is c1ccc(-c2ccc(-c3cc(-c4ccc(-c5ccccn5)cc4)nc(-n4c5ccccc5c5ccc6c(c7ccccc7n7c8ccccc8nc67)c54)n3)cc2)nc1. The van der Waals surface area contributed by atoms with Crippen molar-refractivity contribution in [2.75, 3.05) is 0 Å². The maximum absolute atomic E-state index is 5.43. The summed E-state index contributed by atoms with van der Waals surface area (Å²) in [5.41, 5.74) is 13.7. The van der Waals surface area contributed by atoms with Crippen LogP contribution < -0.4 is 0 Å². The number of hydrogen-bond donors (Lipinski definition) is 0. The molecule has 0 saturated carbocycles. The van der Waals surface area contributed by atoms with Gasteiger partial charge in [0, 0.05) is 61.6 Å². The van der Waals surface area contributed by atoms with Crippen molar-refractivity contribution in [3.05, 3.63) is 188 Å². The van der Waals surface area contributed by atoms with Crippen LogP contribution in [0.25, 0.3) is 111 Å². The van der Waals surface area contributed by atoms with Crippen LogP contribution in [0.3, 0.4) is 0 Å². The molecule has 12 aromatic rings. The summed E-state index contributed by atoms with van der Waals surface area (Å²) >= 11 is 0. The third-order valence-corrected chi connectivity index (χ3v) is 11.2. The molecule has 0 atom stereocenters. The zero-order valence-electron chi connectivity index (χ0n) is 31.0. The highest BCUT2D eigenvalue weighted by molar-refractivity contribution is 6.27. The molecule has 6 aromatic heterocycles. The van der Waals surface area contributed by atoms with Crippen LogP contribution in [-0.4, -0.2) is 33.9 Å². The molecule has 0 fully saturated rings. The second-order valence-corrected chi connectivity index (χ2v) is 14.5. The van der Waals surface area contributed by atoms with Gasteiger partial charge < -0.3 is 0 Å². The quantitative estimate of drug-likeness (QED) is 0.164. The number of rotatable bonds is 5. The van der Waals surface area contributed by atoms with Crippen LogP contribution in [-0.2, 0) is 0 Å². The number of pyridine rings is 3. The molecule has 7 nitrogen and oxygen atoms in total. The largest absolute Gasteiger partial charge is 0.292 e. The molecule has 58 heavy (non-hydrogen) atoms. The van der Waals surface area contributed by atoms with Gasteiger partial charge in [0.15, 0.2) is 0 Å². The Balaban J connectivity index is 1.16. The minimum absolute atomic E-state index is 0.589. The molecule has 0 N–H and O–H groups in total. The lowest BCUT2D eigenvalue weighted by Gasteiger charge is -2.15. The first-order valence-corrected chi connectivity index (χ1v) is 19.3. The number of hydrogen-bond acceptors (Lipinski definition) is 5. The molecule has 0 saturated heterocycles. The summed E-state index contributed by atoms with van der Waals surface area (Å²) in [6, 6.07) is 61.0. The van der Waals surface area contributed by atoms with Crippen molar-refractivity contribution in [3.63, 3.8) is 0 Å². The van der Waals surface area contributed by atoms with Crippen molar-refractivity contribution in [3.8, 4) is 51.0 Å². The van der Waals surface area contributed by atoms with Gasteiger partial charge in [-0.15, -0.1) is 0 Å². The Morgan fingerprint density at radius 3 is 1.50 bits per heavy atom. The molecule has 6 aromatic carbocycles. The minimum Gasteiger partial charge on any atom is -0.292 e. The number of fused-ring (bicyclic) bond motifs is 12. The first-order chi connectivity index (χ1) is 28.8. The van der Waals surface area contributed by atoms with Crippen molar-refractivity contribution >= 4 is 60.2 Å². The standard InChI is InChI=1S/C51H31N7/c1-4-16-45-36(11-1)37-27-28-39-48(38-12-2-5-17-46(38)57-47-18-6-3-15-42(47)54-50(39)57)49(37)58(45)51-55-43(34-23-19-32(20-24-34)40-13-7-9-29-52-40)31-44(56-51)35-25-21-33(22-26-35)41-14-8-10-30-53-41/h1-31H. The van der Waals surface area contributed by atoms with Crippen molar-refractivity contribution in [2.24, 2.45) is 0 Å². The van der Waals surface area contributed by atoms with Crippen LogP contribution in [0.4, 0.5) is 0 Å². The van der Waals surface area contributed by atoms with Gasteiger partial charge in [0.1, 0.15) is 5.65 Å². The average molecular weight is 742 g/mol. The summed E-state index contributed by atoms with van der Waals surface area (Å²) in [5.74, 6) is 0.589. The second-order valence-electron chi connectivity index (χ2n) is 14.5. The van der Waals surface area contributed by atoms with E-state index in [1.54, 1.807) is 0 Å². The van der Waals surface area contributed by atoms with Crippen molar-refractivity contribution in [2.45, 2.75) is 0 Å². The van der Waals surface area contributed by atoms with Crippen LogP contribution in [0.2, 0.25) is 0 Å². The molecule has 6 heterocycles. The number of nitrogens with zero attached hydrogens (tertiary/aromatic N) is 7. The van der Waals surface area contributed by atoms with Gasteiger partial charge in [-0.3, -0.25) is 18.9 Å². The summed E-state index contributed by atoms with van der Waals surface area (Å²) in [6.07, 6.45) is 3.65. The smallest absolute Gasteiger partial charge is 0.235 e. The molecular formula is C51H31N7. The molecule has 0 radical (unpaired) electrons. The van der Waals surface area contributed by atoms with Gasteiger partial charge in [0.05, 0.1) is 50.4 Å². The highest BCUT2D eigenvalue weighted by atomic mass is 15.2. The number of aromatic nitrogens is 7. The van der Waals surface area contributed by atoms with E-state index in [2.05, 4.69) is 158 Å². The highest BCUT2D eigenvalue weighted by Gasteiger charge is 2.22. The third kappa shape index (κ3) is 4.97. The highest BCUT2D eigenvalue weighted by Crippen LogP contribution is 2.42. The van der Waals surface area contributed by atoms with E-state index in [4.69, 9.17) is 15.0 Å². The Hall–Kier alpha value is -8.03. The molecule has 270 valence electrons. The van der Waals surface area contributed by atoms with Crippen molar-refractivity contribution in [1.29, 1.82) is 0 Å². The molecule has 0 aliphatic heterocycles. The summed E-state index contributed by atoms with van der Waals surface area (Å²) in [4.78, 5) is 25.2. The van der Waals surface area contributed by atoms with Crippen LogP contribution in [0.5, 0.6) is 0 Å². The first kappa shape index (κ1) is 32.2. The second kappa shape index (κ2) is 12.8. The zero-order valence-corrected chi connectivity index (χ0v) is 31.0. The summed E-state index contributed by atoms with van der Waals surface area (Å²) in [5, 5.41) is 5.57. The van der Waals surface area contributed by atoms with Gasteiger partial charge in [-0.05, 0) is 60.7 Å². The van der Waals surface area contributed by atoms with Crippen molar-refractivity contribution in [1.82, 2.24) is 33.9 Å². The van der Waals surface area contributed by atoms with Gasteiger partial charge in [0.2, 0.25) is 5.95 Å². The molecule has 0 aliphatic rings. The first-order valence-electron chi connectivity index (χ1n) is 19.3. The van der Waals surface area contributed by atoms with Crippen LogP contribution >= 0.6 is 0 Å². The third-order valence-electron chi connectivity index (χ3n) is 11.2. The van der Waals surface area contributed by atoms with Gasteiger partial charge in [-0.1, -0.05) is 115 Å². The van der Waals surface area contributed by atoms with E-state index in [-0.39, 0.29) is 0 Å². The molecule has 12 rings (SSSR count). The monoisotopic (exact) mass is 741 g/mol. The van der Waals surface area contributed by atoms with Crippen LogP contribution in [0.15, 0.2) is 188 Å². The fourth-order valence-electron chi connectivity index (χ4n) is 8.58. The van der Waals surface area contributed by atoms with E-state index in [9.17, 15) is 0 Å². The normalized spacial score (nSPS) is 11.8. The lowest BCUT2D eigenvalue weighted by atomic mass is 10.0. The lowest BCUT2D eigenvalue weighted by Crippen LogP contribution is -2.04. The van der Waals surface area contributed by atoms with Crippen LogP contribution in [0, 0.1) is 0 Å². The van der Waals surface area contributed by atoms with E-state index < -0.39 is 0 Å². The number of imidazole rings is 1. The Morgan fingerprint density at radius 2 is 0.879 bits per heavy atom. The van der Waals surface area contributed by atoms with E-state index in [1.165, 1.54) is 0 Å². The maximum Gasteiger partial charge on any atom is 0.235 e. The van der Waals surface area contributed by atoms with Crippen LogP contribution in [0.1, 0.15) is 0 Å². The molecule has 0 spiro atoms. The topological polar surface area (TPSA) is 73.8 Å². The molecular weight excluding hydrogens is 711 g/mol. The predicted octanol–water partition coefficient (Wildman–Crippen LogP) is 12.1. The maximum atomic E-state index is 5.43. The Labute approximate surface area is 332 Å². The van der Waals surface area contributed by atoms with E-state index in [1.807, 2.05) is 48.8 Å². The number of benzene rings is 6. The van der Waals surface area contributed by atoms with Gasteiger partial charge in [0.25, 0.3) is 0 Å². The summed E-state index contributed by atoms with van der Waals surface area (Å²) in [7, 11) is 0. The fraction of sp³-hybridized carbons (Fsp3) is 0. The lowest BCUT2D eigenvalue weighted by molar-refractivity contribution is 0.998. The Kier molecular flexibility index (Phi) is 7.09. The van der Waals surface area contributed by atoms with E-state index >= 15 is 0 Å². The molecule has 0 unspecified atom stereocenters. The molecule has 0 bridgehead atoms. The Morgan fingerprint density at radius 1 is 0.362 bits per heavy atom.